The maximum Gasteiger partial charge on any atom is 0.290 e. The third-order valence-corrected chi connectivity index (χ3v) is 4.63. The van der Waals surface area contributed by atoms with E-state index in [4.69, 9.17) is 20.8 Å². The number of ether oxygens (including phenoxy) is 1. The Hall–Kier alpha value is -1.43. The molecule has 1 saturated heterocycles. The third-order valence-electron chi connectivity index (χ3n) is 3.45. The van der Waals surface area contributed by atoms with Crippen molar-refractivity contribution in [1.29, 1.82) is 0 Å². The molecule has 1 aromatic heterocycles. The maximum atomic E-state index is 12.5. The lowest BCUT2D eigenvalue weighted by Gasteiger charge is -2.32. The minimum atomic E-state index is -0.0845. The Morgan fingerprint density at radius 3 is 2.77 bits per heavy atom. The van der Waals surface area contributed by atoms with Gasteiger partial charge in [-0.25, -0.2) is 0 Å². The number of hydrogen-bond acceptors (Lipinski definition) is 4. The quantitative estimate of drug-likeness (QED) is 0.850. The van der Waals surface area contributed by atoms with Crippen molar-refractivity contribution in [3.8, 4) is 0 Å². The molecular weight excluding hydrogens is 322 g/mol. The van der Waals surface area contributed by atoms with Crippen molar-refractivity contribution in [2.45, 2.75) is 23.0 Å². The van der Waals surface area contributed by atoms with Crippen LogP contribution in [-0.2, 0) is 4.74 Å². The van der Waals surface area contributed by atoms with Gasteiger partial charge in [0.15, 0.2) is 10.9 Å². The van der Waals surface area contributed by atoms with Gasteiger partial charge in [0.05, 0.1) is 19.3 Å². The zero-order valence-electron chi connectivity index (χ0n) is 12.1. The molecule has 0 N–H and O–H groups in total. The van der Waals surface area contributed by atoms with Gasteiger partial charge >= 0.3 is 0 Å². The second kappa shape index (κ2) is 6.77. The van der Waals surface area contributed by atoms with Crippen LogP contribution in [-0.4, -0.2) is 36.6 Å². The van der Waals surface area contributed by atoms with E-state index in [-0.39, 0.29) is 11.9 Å². The smallest absolute Gasteiger partial charge is 0.290 e. The Balaban J connectivity index is 1.70. The molecule has 1 unspecified atom stereocenters. The highest BCUT2D eigenvalue weighted by atomic mass is 35.5. The van der Waals surface area contributed by atoms with Crippen molar-refractivity contribution < 1.29 is 13.9 Å². The van der Waals surface area contributed by atoms with Crippen LogP contribution >= 0.6 is 23.4 Å². The van der Waals surface area contributed by atoms with Crippen molar-refractivity contribution in [3.63, 3.8) is 0 Å². The predicted octanol–water partition coefficient (Wildman–Crippen LogP) is 3.95. The van der Waals surface area contributed by atoms with Crippen molar-refractivity contribution in [2.24, 2.45) is 0 Å². The van der Waals surface area contributed by atoms with Crippen molar-refractivity contribution >= 4 is 29.3 Å². The molecule has 0 bridgehead atoms. The Morgan fingerprint density at radius 2 is 2.05 bits per heavy atom. The summed E-state index contributed by atoms with van der Waals surface area (Å²) in [5.41, 5.74) is 0. The fourth-order valence-electron chi connectivity index (χ4n) is 2.28. The van der Waals surface area contributed by atoms with E-state index in [2.05, 4.69) is 0 Å². The first-order valence-electron chi connectivity index (χ1n) is 7.05. The topological polar surface area (TPSA) is 42.7 Å². The van der Waals surface area contributed by atoms with Gasteiger partial charge in [-0.05, 0) is 43.3 Å². The van der Waals surface area contributed by atoms with Gasteiger partial charge < -0.3 is 14.1 Å². The summed E-state index contributed by atoms with van der Waals surface area (Å²) in [7, 11) is 0. The Bertz CT molecular complexity index is 656. The molecule has 0 radical (unpaired) electrons. The van der Waals surface area contributed by atoms with Crippen LogP contribution in [0.25, 0.3) is 0 Å². The fourth-order valence-corrected chi connectivity index (χ4v) is 3.18. The molecule has 2 aromatic rings. The van der Waals surface area contributed by atoms with Crippen LogP contribution in [0.5, 0.6) is 0 Å². The number of amides is 1. The second-order valence-electron chi connectivity index (χ2n) is 5.10. The molecule has 0 aliphatic carbocycles. The van der Waals surface area contributed by atoms with E-state index in [1.165, 1.54) is 11.8 Å². The van der Waals surface area contributed by atoms with Crippen LogP contribution in [0.3, 0.4) is 0 Å². The van der Waals surface area contributed by atoms with Gasteiger partial charge in [0.2, 0.25) is 0 Å². The summed E-state index contributed by atoms with van der Waals surface area (Å²) >= 11 is 7.33. The highest BCUT2D eigenvalue weighted by Gasteiger charge is 2.26. The summed E-state index contributed by atoms with van der Waals surface area (Å²) in [6.07, 6.45) is 0. The van der Waals surface area contributed by atoms with Gasteiger partial charge in [-0.3, -0.25) is 4.79 Å². The van der Waals surface area contributed by atoms with E-state index in [0.717, 1.165) is 4.90 Å². The third kappa shape index (κ3) is 3.48. The minimum Gasteiger partial charge on any atom is -0.444 e. The molecule has 0 saturated carbocycles. The zero-order valence-corrected chi connectivity index (χ0v) is 13.7. The van der Waals surface area contributed by atoms with Crippen molar-refractivity contribution in [3.05, 3.63) is 47.2 Å². The van der Waals surface area contributed by atoms with Crippen LogP contribution in [0.2, 0.25) is 5.02 Å². The number of furan rings is 1. The molecule has 6 heteroatoms. The second-order valence-corrected chi connectivity index (χ2v) is 6.61. The molecule has 1 aromatic carbocycles. The minimum absolute atomic E-state index is 0.0683. The highest BCUT2D eigenvalue weighted by Crippen LogP contribution is 2.30. The van der Waals surface area contributed by atoms with E-state index in [1.807, 2.05) is 37.3 Å². The van der Waals surface area contributed by atoms with Gasteiger partial charge in [0.1, 0.15) is 0 Å². The molecule has 4 nitrogen and oxygen atoms in total. The Kier molecular flexibility index (Phi) is 4.76. The summed E-state index contributed by atoms with van der Waals surface area (Å²) in [4.78, 5) is 15.3. The lowest BCUT2D eigenvalue weighted by Crippen LogP contribution is -2.47. The van der Waals surface area contributed by atoms with E-state index < -0.39 is 0 Å². The molecule has 1 atom stereocenters. The molecule has 1 amide bonds. The van der Waals surface area contributed by atoms with Crippen LogP contribution in [0.1, 0.15) is 17.5 Å². The number of halogens is 1. The number of carbonyl (C=O) groups excluding carboxylic acids is 1. The number of rotatable bonds is 3. The normalized spacial score (nSPS) is 18.5. The molecule has 22 heavy (non-hydrogen) atoms. The standard InChI is InChI=1S/C16H16ClNO3S/c1-11-10-20-9-8-18(11)16(19)14-6-7-15(21-14)22-13-4-2-12(17)3-5-13/h2-7,11H,8-10H2,1H3. The predicted molar refractivity (Wildman–Crippen MR) is 85.6 cm³/mol. The summed E-state index contributed by atoms with van der Waals surface area (Å²) < 4.78 is 11.0. The average molecular weight is 338 g/mol. The number of benzene rings is 1. The Morgan fingerprint density at radius 1 is 1.27 bits per heavy atom. The SMILES string of the molecule is CC1COCCN1C(=O)c1ccc(Sc2ccc(Cl)cc2)o1. The summed E-state index contributed by atoms with van der Waals surface area (Å²) in [6.45, 7) is 3.71. The van der Waals surface area contributed by atoms with Crippen molar-refractivity contribution in [1.82, 2.24) is 4.90 Å². The zero-order chi connectivity index (χ0) is 15.5. The van der Waals surface area contributed by atoms with Gasteiger partial charge in [-0.15, -0.1) is 0 Å². The van der Waals surface area contributed by atoms with Crippen molar-refractivity contribution in [2.75, 3.05) is 19.8 Å². The summed E-state index contributed by atoms with van der Waals surface area (Å²) in [5.74, 6) is 0.281. The van der Waals surface area contributed by atoms with E-state index >= 15 is 0 Å². The lowest BCUT2D eigenvalue weighted by atomic mass is 10.2. The van der Waals surface area contributed by atoms with Crippen LogP contribution < -0.4 is 0 Å². The van der Waals surface area contributed by atoms with Gasteiger partial charge in [-0.1, -0.05) is 23.4 Å². The fraction of sp³-hybridized carbons (Fsp3) is 0.312. The number of nitrogens with zero attached hydrogens (tertiary/aromatic N) is 1. The van der Waals surface area contributed by atoms with E-state index in [9.17, 15) is 4.79 Å². The lowest BCUT2D eigenvalue weighted by molar-refractivity contribution is 0.00173. The van der Waals surface area contributed by atoms with E-state index in [0.29, 0.717) is 35.6 Å². The van der Waals surface area contributed by atoms with Gasteiger partial charge in [0, 0.05) is 16.5 Å². The first kappa shape index (κ1) is 15.5. The van der Waals surface area contributed by atoms with Crippen LogP contribution in [0.15, 0.2) is 50.8 Å². The van der Waals surface area contributed by atoms with E-state index in [1.54, 1.807) is 11.0 Å². The van der Waals surface area contributed by atoms with Gasteiger partial charge in [-0.2, -0.15) is 0 Å². The first-order chi connectivity index (χ1) is 10.6. The highest BCUT2D eigenvalue weighted by molar-refractivity contribution is 7.99. The van der Waals surface area contributed by atoms with Crippen LogP contribution in [0, 0.1) is 0 Å². The molecule has 116 valence electrons. The molecule has 1 aliphatic heterocycles. The molecule has 1 fully saturated rings. The monoisotopic (exact) mass is 337 g/mol. The largest absolute Gasteiger partial charge is 0.444 e. The average Bonchev–Trinajstić information content (AvgIpc) is 2.98. The number of hydrogen-bond donors (Lipinski definition) is 0. The Labute approximate surface area is 138 Å². The van der Waals surface area contributed by atoms with Gasteiger partial charge in [0.25, 0.3) is 5.91 Å². The molecular formula is C16H16ClNO3S. The molecule has 0 spiro atoms. The summed E-state index contributed by atoms with van der Waals surface area (Å²) in [5, 5.41) is 1.38. The molecule has 2 heterocycles. The summed E-state index contributed by atoms with van der Waals surface area (Å²) in [6, 6.07) is 11.1. The molecule has 1 aliphatic rings. The molecule has 3 rings (SSSR count). The van der Waals surface area contributed by atoms with Crippen LogP contribution in [0.4, 0.5) is 0 Å². The maximum absolute atomic E-state index is 12.5. The first-order valence-corrected chi connectivity index (χ1v) is 8.25. The number of morpholine rings is 1. The number of carbonyl (C=O) groups is 1.